The van der Waals surface area contributed by atoms with Gasteiger partial charge in [-0.3, -0.25) is 14.5 Å². The van der Waals surface area contributed by atoms with Gasteiger partial charge in [0.15, 0.2) is 0 Å². The van der Waals surface area contributed by atoms with E-state index >= 15 is 0 Å². The standard InChI is InChI=1S/C14H26N4O2/c1-13-10-16(6-7-17(13)8-9-20-2)11-14(19)12-18-5-3-4-15-18/h3-5,13-14,19H,6-12H2,1-2H3/t13-,14+/m0/s1. The van der Waals surface area contributed by atoms with Crippen molar-refractivity contribution in [3.8, 4) is 0 Å². The zero-order chi connectivity index (χ0) is 14.4. The number of aromatic nitrogens is 2. The molecule has 1 aromatic rings. The molecule has 0 bridgehead atoms. The van der Waals surface area contributed by atoms with Crippen molar-refractivity contribution in [2.75, 3.05) is 46.4 Å². The van der Waals surface area contributed by atoms with Crippen molar-refractivity contribution in [2.24, 2.45) is 0 Å². The Kier molecular flexibility index (Phi) is 5.97. The Morgan fingerprint density at radius 3 is 2.90 bits per heavy atom. The maximum atomic E-state index is 10.1. The smallest absolute Gasteiger partial charge is 0.0862 e. The van der Waals surface area contributed by atoms with E-state index in [0.29, 0.717) is 19.1 Å². The van der Waals surface area contributed by atoms with E-state index in [-0.39, 0.29) is 6.10 Å². The van der Waals surface area contributed by atoms with E-state index in [1.807, 2.05) is 12.3 Å². The summed E-state index contributed by atoms with van der Waals surface area (Å²) >= 11 is 0. The molecule has 1 fully saturated rings. The zero-order valence-electron chi connectivity index (χ0n) is 12.5. The highest BCUT2D eigenvalue weighted by atomic mass is 16.5. The van der Waals surface area contributed by atoms with Gasteiger partial charge in [-0.05, 0) is 13.0 Å². The molecule has 0 amide bonds. The summed E-state index contributed by atoms with van der Waals surface area (Å²) in [5.41, 5.74) is 0. The molecule has 6 heteroatoms. The maximum absolute atomic E-state index is 10.1. The minimum atomic E-state index is -0.368. The van der Waals surface area contributed by atoms with Gasteiger partial charge >= 0.3 is 0 Å². The van der Waals surface area contributed by atoms with Crippen molar-refractivity contribution in [2.45, 2.75) is 25.6 Å². The van der Waals surface area contributed by atoms with Crippen LogP contribution in [0.15, 0.2) is 18.5 Å². The number of ether oxygens (including phenoxy) is 1. The number of hydrogen-bond acceptors (Lipinski definition) is 5. The molecule has 1 aromatic heterocycles. The summed E-state index contributed by atoms with van der Waals surface area (Å²) in [5.74, 6) is 0. The summed E-state index contributed by atoms with van der Waals surface area (Å²) in [6, 6.07) is 2.39. The Hall–Kier alpha value is -0.950. The lowest BCUT2D eigenvalue weighted by Gasteiger charge is -2.40. The molecular weight excluding hydrogens is 256 g/mol. The Morgan fingerprint density at radius 1 is 1.40 bits per heavy atom. The van der Waals surface area contributed by atoms with Gasteiger partial charge in [0.2, 0.25) is 0 Å². The molecule has 114 valence electrons. The predicted molar refractivity (Wildman–Crippen MR) is 77.6 cm³/mol. The van der Waals surface area contributed by atoms with Gasteiger partial charge in [0.25, 0.3) is 0 Å². The third-order valence-electron chi connectivity index (χ3n) is 3.86. The van der Waals surface area contributed by atoms with E-state index in [4.69, 9.17) is 4.74 Å². The summed E-state index contributed by atoms with van der Waals surface area (Å²) in [7, 11) is 1.74. The molecule has 0 saturated carbocycles. The molecular formula is C14H26N4O2. The third-order valence-corrected chi connectivity index (χ3v) is 3.86. The van der Waals surface area contributed by atoms with E-state index in [2.05, 4.69) is 21.8 Å². The second kappa shape index (κ2) is 7.73. The molecule has 2 atom stereocenters. The quantitative estimate of drug-likeness (QED) is 0.757. The molecule has 0 unspecified atom stereocenters. The first-order valence-electron chi connectivity index (χ1n) is 7.30. The second-order valence-corrected chi connectivity index (χ2v) is 5.52. The van der Waals surface area contributed by atoms with Crippen LogP contribution in [0.2, 0.25) is 0 Å². The number of nitrogens with zero attached hydrogens (tertiary/aromatic N) is 4. The highest BCUT2D eigenvalue weighted by molar-refractivity contribution is 4.82. The number of methoxy groups -OCH3 is 1. The minimum absolute atomic E-state index is 0.368. The summed E-state index contributed by atoms with van der Waals surface area (Å²) < 4.78 is 6.92. The molecule has 1 aliphatic heterocycles. The van der Waals surface area contributed by atoms with E-state index in [0.717, 1.165) is 32.8 Å². The SMILES string of the molecule is COCCN1CCN(C[C@@H](O)Cn2cccn2)C[C@@H]1C. The number of hydrogen-bond donors (Lipinski definition) is 1. The number of aliphatic hydroxyl groups is 1. The summed E-state index contributed by atoms with van der Waals surface area (Å²) in [6.07, 6.45) is 3.25. The second-order valence-electron chi connectivity index (χ2n) is 5.52. The van der Waals surface area contributed by atoms with Crippen LogP contribution in [-0.4, -0.2) is 83.3 Å². The fourth-order valence-corrected chi connectivity index (χ4v) is 2.76. The van der Waals surface area contributed by atoms with Gasteiger partial charge in [-0.1, -0.05) is 0 Å². The fourth-order valence-electron chi connectivity index (χ4n) is 2.76. The van der Waals surface area contributed by atoms with Crippen molar-refractivity contribution in [3.63, 3.8) is 0 Å². The van der Waals surface area contributed by atoms with Crippen LogP contribution >= 0.6 is 0 Å². The van der Waals surface area contributed by atoms with Crippen LogP contribution in [0, 0.1) is 0 Å². The van der Waals surface area contributed by atoms with Crippen LogP contribution in [-0.2, 0) is 11.3 Å². The summed E-state index contributed by atoms with van der Waals surface area (Å²) in [5, 5.41) is 14.3. The molecule has 1 N–H and O–H groups in total. The highest BCUT2D eigenvalue weighted by Gasteiger charge is 2.24. The lowest BCUT2D eigenvalue weighted by molar-refractivity contribution is 0.0285. The number of β-amino-alcohol motifs (C(OH)–C–C–N with tert-alkyl or cyclic N) is 1. The minimum Gasteiger partial charge on any atom is -0.390 e. The first-order chi connectivity index (χ1) is 9.69. The molecule has 0 spiro atoms. The van der Waals surface area contributed by atoms with Gasteiger partial charge in [0.1, 0.15) is 0 Å². The topological polar surface area (TPSA) is 53.8 Å². The molecule has 0 radical (unpaired) electrons. The van der Waals surface area contributed by atoms with Crippen LogP contribution < -0.4 is 0 Å². The first-order valence-corrected chi connectivity index (χ1v) is 7.30. The molecule has 2 heterocycles. The van der Waals surface area contributed by atoms with E-state index in [9.17, 15) is 5.11 Å². The van der Waals surface area contributed by atoms with Crippen LogP contribution in [0.1, 0.15) is 6.92 Å². The van der Waals surface area contributed by atoms with E-state index < -0.39 is 0 Å². The molecule has 2 rings (SSSR count). The molecule has 0 aromatic carbocycles. The van der Waals surface area contributed by atoms with Crippen LogP contribution in [0.3, 0.4) is 0 Å². The van der Waals surface area contributed by atoms with Crippen molar-refractivity contribution in [1.82, 2.24) is 19.6 Å². The lowest BCUT2D eigenvalue weighted by Crippen LogP contribution is -2.54. The largest absolute Gasteiger partial charge is 0.390 e. The lowest BCUT2D eigenvalue weighted by atomic mass is 10.1. The third kappa shape index (κ3) is 4.56. The van der Waals surface area contributed by atoms with Crippen molar-refractivity contribution >= 4 is 0 Å². The van der Waals surface area contributed by atoms with Crippen molar-refractivity contribution < 1.29 is 9.84 Å². The monoisotopic (exact) mass is 282 g/mol. The number of aliphatic hydroxyl groups excluding tert-OH is 1. The molecule has 20 heavy (non-hydrogen) atoms. The normalized spacial score (nSPS) is 23.1. The first kappa shape index (κ1) is 15.4. The Bertz CT molecular complexity index is 371. The average molecular weight is 282 g/mol. The zero-order valence-corrected chi connectivity index (χ0v) is 12.5. The van der Waals surface area contributed by atoms with Crippen LogP contribution in [0.5, 0.6) is 0 Å². The number of rotatable bonds is 7. The van der Waals surface area contributed by atoms with Crippen molar-refractivity contribution in [3.05, 3.63) is 18.5 Å². The number of piperazine rings is 1. The summed E-state index contributed by atoms with van der Waals surface area (Å²) in [4.78, 5) is 4.78. The van der Waals surface area contributed by atoms with Crippen LogP contribution in [0.4, 0.5) is 0 Å². The Labute approximate surface area is 120 Å². The van der Waals surface area contributed by atoms with Gasteiger partial charge in [0, 0.05) is 58.3 Å². The predicted octanol–water partition coefficient (Wildman–Crippen LogP) is -0.103. The summed E-state index contributed by atoms with van der Waals surface area (Å²) in [6.45, 7) is 8.33. The molecule has 1 aliphatic rings. The molecule has 1 saturated heterocycles. The Balaban J connectivity index is 1.72. The van der Waals surface area contributed by atoms with Gasteiger partial charge in [-0.2, -0.15) is 5.10 Å². The van der Waals surface area contributed by atoms with E-state index in [1.165, 1.54) is 0 Å². The van der Waals surface area contributed by atoms with Gasteiger partial charge in [-0.25, -0.2) is 0 Å². The Morgan fingerprint density at radius 2 is 2.25 bits per heavy atom. The highest BCUT2D eigenvalue weighted by Crippen LogP contribution is 2.10. The van der Waals surface area contributed by atoms with Gasteiger partial charge in [-0.15, -0.1) is 0 Å². The molecule has 6 nitrogen and oxygen atoms in total. The fraction of sp³-hybridized carbons (Fsp3) is 0.786. The van der Waals surface area contributed by atoms with Gasteiger partial charge < -0.3 is 9.84 Å². The maximum Gasteiger partial charge on any atom is 0.0862 e. The van der Waals surface area contributed by atoms with E-state index in [1.54, 1.807) is 18.0 Å². The van der Waals surface area contributed by atoms with Crippen LogP contribution in [0.25, 0.3) is 0 Å². The molecule has 0 aliphatic carbocycles. The van der Waals surface area contributed by atoms with Crippen molar-refractivity contribution in [1.29, 1.82) is 0 Å². The van der Waals surface area contributed by atoms with Gasteiger partial charge in [0.05, 0.1) is 19.3 Å². The average Bonchev–Trinajstić information content (AvgIpc) is 2.90.